The van der Waals surface area contributed by atoms with Gasteiger partial charge in [-0.25, -0.2) is 4.67 Å². The number of hydrogen-bond acceptors (Lipinski definition) is 6. The molecule has 0 amide bonds. The highest BCUT2D eigenvalue weighted by molar-refractivity contribution is 7.46. The summed E-state index contributed by atoms with van der Waals surface area (Å²) in [5, 5.41) is 8.77. The summed E-state index contributed by atoms with van der Waals surface area (Å²) < 4.78 is 24.9. The van der Waals surface area contributed by atoms with Gasteiger partial charge in [-0.2, -0.15) is 5.26 Å². The standard InChI is InChI=1S/C19H32N2O4P2/c1-16(2)21(17(3)4)27(24-13-7-12-20)25-14-18-8-10-19(11-9-18)15-26(22-5)23-6/h8-11,16-17H,7,13-15H2,1-6H3. The third-order valence-electron chi connectivity index (χ3n) is 3.75. The maximum Gasteiger partial charge on any atom is 0.259 e. The molecule has 8 heteroatoms. The lowest BCUT2D eigenvalue weighted by atomic mass is 10.2. The predicted octanol–water partition coefficient (Wildman–Crippen LogP) is 5.58. The van der Waals surface area contributed by atoms with Gasteiger partial charge >= 0.3 is 0 Å². The molecule has 1 aromatic carbocycles. The van der Waals surface area contributed by atoms with E-state index in [0.717, 1.165) is 11.7 Å². The molecule has 6 nitrogen and oxygen atoms in total. The van der Waals surface area contributed by atoms with Gasteiger partial charge in [0.2, 0.25) is 0 Å². The van der Waals surface area contributed by atoms with E-state index >= 15 is 0 Å². The van der Waals surface area contributed by atoms with Crippen molar-refractivity contribution in [3.8, 4) is 6.07 Å². The Balaban J connectivity index is 2.71. The monoisotopic (exact) mass is 414 g/mol. The zero-order valence-electron chi connectivity index (χ0n) is 17.2. The molecule has 152 valence electrons. The van der Waals surface area contributed by atoms with Crippen LogP contribution >= 0.6 is 16.9 Å². The first kappa shape index (κ1) is 24.4. The fraction of sp³-hybridized carbons (Fsp3) is 0.632. The molecule has 0 heterocycles. The summed E-state index contributed by atoms with van der Waals surface area (Å²) >= 11 is 0. The fourth-order valence-corrected chi connectivity index (χ4v) is 5.06. The molecule has 0 radical (unpaired) electrons. The summed E-state index contributed by atoms with van der Waals surface area (Å²) in [5.74, 6) is 0. The van der Waals surface area contributed by atoms with Crippen LogP contribution in [-0.2, 0) is 30.9 Å². The molecule has 0 saturated heterocycles. The van der Waals surface area contributed by atoms with E-state index in [9.17, 15) is 0 Å². The van der Waals surface area contributed by atoms with E-state index in [2.05, 4.69) is 62.7 Å². The fourth-order valence-electron chi connectivity index (χ4n) is 2.54. The van der Waals surface area contributed by atoms with E-state index < -0.39 is 16.9 Å². The molecule has 1 unspecified atom stereocenters. The number of rotatable bonds is 13. The quantitative estimate of drug-likeness (QED) is 0.310. The zero-order chi connectivity index (χ0) is 20.2. The smallest absolute Gasteiger partial charge is 0.259 e. The Kier molecular flexibility index (Phi) is 12.2. The molecule has 1 atom stereocenters. The summed E-state index contributed by atoms with van der Waals surface area (Å²) in [7, 11) is 1.24. The highest BCUT2D eigenvalue weighted by Crippen LogP contribution is 2.46. The number of nitrogens with zero attached hydrogens (tertiary/aromatic N) is 2. The molecule has 0 aliphatic rings. The lowest BCUT2D eigenvalue weighted by molar-refractivity contribution is 0.171. The van der Waals surface area contributed by atoms with Crippen molar-refractivity contribution in [3.63, 3.8) is 0 Å². The van der Waals surface area contributed by atoms with Gasteiger partial charge < -0.3 is 18.1 Å². The molecule has 0 spiro atoms. The normalized spacial score (nSPS) is 12.9. The van der Waals surface area contributed by atoms with Gasteiger partial charge in [0.1, 0.15) is 0 Å². The van der Waals surface area contributed by atoms with Crippen molar-refractivity contribution >= 4 is 16.9 Å². The minimum Gasteiger partial charge on any atom is -0.337 e. The van der Waals surface area contributed by atoms with Gasteiger partial charge in [0, 0.05) is 32.5 Å². The van der Waals surface area contributed by atoms with Crippen LogP contribution in [0.5, 0.6) is 0 Å². The summed E-state index contributed by atoms with van der Waals surface area (Å²) in [6.45, 7) is 9.37. The molecule has 0 aromatic heterocycles. The van der Waals surface area contributed by atoms with Gasteiger partial charge in [-0.3, -0.25) is 0 Å². The third kappa shape index (κ3) is 8.94. The molecule has 0 saturated carbocycles. The van der Waals surface area contributed by atoms with Gasteiger partial charge in [0.15, 0.2) is 8.38 Å². The molecule has 0 N–H and O–H groups in total. The van der Waals surface area contributed by atoms with Crippen LogP contribution in [0.15, 0.2) is 24.3 Å². The van der Waals surface area contributed by atoms with Crippen molar-refractivity contribution in [1.29, 1.82) is 5.26 Å². The lowest BCUT2D eigenvalue weighted by Crippen LogP contribution is -2.33. The van der Waals surface area contributed by atoms with Crippen LogP contribution in [0, 0.1) is 11.3 Å². The van der Waals surface area contributed by atoms with Crippen LogP contribution < -0.4 is 0 Å². The Labute approximate surface area is 166 Å². The van der Waals surface area contributed by atoms with Crippen LogP contribution in [0.3, 0.4) is 0 Å². The van der Waals surface area contributed by atoms with Crippen molar-refractivity contribution in [2.24, 2.45) is 0 Å². The first-order valence-corrected chi connectivity index (χ1v) is 11.6. The van der Waals surface area contributed by atoms with Crippen LogP contribution in [0.25, 0.3) is 0 Å². The van der Waals surface area contributed by atoms with Crippen molar-refractivity contribution in [3.05, 3.63) is 35.4 Å². The SMILES string of the molecule is COP(Cc1ccc(COP(OCCC#N)N(C(C)C)C(C)C)cc1)OC. The molecule has 0 bridgehead atoms. The van der Waals surface area contributed by atoms with E-state index in [1.165, 1.54) is 5.56 Å². The molecular weight excluding hydrogens is 382 g/mol. The summed E-state index contributed by atoms with van der Waals surface area (Å²) in [4.78, 5) is 0. The van der Waals surface area contributed by atoms with Crippen molar-refractivity contribution in [1.82, 2.24) is 4.67 Å². The number of hydrogen-bond donors (Lipinski definition) is 0. The second-order valence-corrected chi connectivity index (χ2v) is 9.66. The minimum atomic E-state index is -1.22. The largest absolute Gasteiger partial charge is 0.337 e. The highest BCUT2D eigenvalue weighted by Gasteiger charge is 2.27. The maximum atomic E-state index is 8.77. The zero-order valence-corrected chi connectivity index (χ0v) is 19.0. The Morgan fingerprint density at radius 3 is 2.00 bits per heavy atom. The van der Waals surface area contributed by atoms with Gasteiger partial charge in [0.25, 0.3) is 8.53 Å². The summed E-state index contributed by atoms with van der Waals surface area (Å²) in [6, 6.07) is 11.0. The molecular formula is C19H32N2O4P2. The van der Waals surface area contributed by atoms with Crippen molar-refractivity contribution in [2.45, 2.75) is 59.0 Å². The van der Waals surface area contributed by atoms with Gasteiger partial charge in [-0.1, -0.05) is 24.3 Å². The first-order valence-electron chi connectivity index (χ1n) is 9.07. The van der Waals surface area contributed by atoms with Gasteiger partial charge in [-0.15, -0.1) is 0 Å². The molecule has 27 heavy (non-hydrogen) atoms. The molecule has 0 aliphatic carbocycles. The molecule has 0 aliphatic heterocycles. The maximum absolute atomic E-state index is 8.77. The predicted molar refractivity (Wildman–Crippen MR) is 111 cm³/mol. The number of nitriles is 1. The average molecular weight is 414 g/mol. The van der Waals surface area contributed by atoms with Crippen LogP contribution in [0.2, 0.25) is 0 Å². The minimum absolute atomic E-state index is 0.294. The summed E-state index contributed by atoms with van der Waals surface area (Å²) in [6.07, 6.45) is 1.13. The van der Waals surface area contributed by atoms with E-state index in [4.69, 9.17) is 23.4 Å². The Hall–Kier alpha value is -0.630. The van der Waals surface area contributed by atoms with E-state index in [1.54, 1.807) is 14.2 Å². The van der Waals surface area contributed by atoms with Gasteiger partial charge in [-0.05, 0) is 38.8 Å². The van der Waals surface area contributed by atoms with E-state index in [0.29, 0.717) is 31.7 Å². The summed E-state index contributed by atoms with van der Waals surface area (Å²) in [5.41, 5.74) is 2.26. The molecule has 0 fully saturated rings. The van der Waals surface area contributed by atoms with E-state index in [-0.39, 0.29) is 0 Å². The second-order valence-electron chi connectivity index (χ2n) is 6.49. The highest BCUT2D eigenvalue weighted by atomic mass is 31.2. The van der Waals surface area contributed by atoms with E-state index in [1.807, 2.05) is 0 Å². The van der Waals surface area contributed by atoms with Crippen LogP contribution in [0.1, 0.15) is 45.2 Å². The van der Waals surface area contributed by atoms with Crippen molar-refractivity contribution in [2.75, 3.05) is 20.8 Å². The third-order valence-corrected chi connectivity index (χ3v) is 7.24. The van der Waals surface area contributed by atoms with Crippen LogP contribution in [0.4, 0.5) is 0 Å². The molecule has 1 aromatic rings. The topological polar surface area (TPSA) is 64.0 Å². The Bertz CT molecular complexity index is 552. The Morgan fingerprint density at radius 1 is 0.963 bits per heavy atom. The number of benzene rings is 1. The van der Waals surface area contributed by atoms with Crippen molar-refractivity contribution < 1.29 is 18.1 Å². The molecule has 1 rings (SSSR count). The Morgan fingerprint density at radius 2 is 1.52 bits per heavy atom. The second kappa shape index (κ2) is 13.5. The average Bonchev–Trinajstić information content (AvgIpc) is 2.64. The first-order chi connectivity index (χ1) is 12.9. The van der Waals surface area contributed by atoms with Crippen LogP contribution in [-0.4, -0.2) is 37.6 Å². The van der Waals surface area contributed by atoms with Gasteiger partial charge in [0.05, 0.1) is 25.7 Å². The lowest BCUT2D eigenvalue weighted by Gasteiger charge is -2.35.